The minimum Gasteiger partial charge on any atom is -0.315 e. The van der Waals surface area contributed by atoms with Gasteiger partial charge in [0.2, 0.25) is 10.0 Å². The molecule has 0 saturated carbocycles. The smallest absolute Gasteiger partial charge is 0.216 e. The molecule has 1 aromatic rings. The number of nitrogens with one attached hydrogen (secondary N) is 2. The van der Waals surface area contributed by atoms with Crippen LogP contribution in [0.5, 0.6) is 0 Å². The summed E-state index contributed by atoms with van der Waals surface area (Å²) in [6, 6.07) is 3.38. The predicted octanol–water partition coefficient (Wildman–Crippen LogP) is 1.45. The fourth-order valence-corrected chi connectivity index (χ4v) is 2.87. The molecule has 108 valence electrons. The molecule has 0 aliphatic heterocycles. The Kier molecular flexibility index (Phi) is 6.41. The Morgan fingerprint density at radius 1 is 1.26 bits per heavy atom. The third-order valence-corrected chi connectivity index (χ3v) is 4.84. The van der Waals surface area contributed by atoms with Crippen LogP contribution in [0.15, 0.2) is 24.5 Å². The van der Waals surface area contributed by atoms with Crippen LogP contribution in [0.1, 0.15) is 38.8 Å². The molecule has 2 unspecified atom stereocenters. The number of hydrogen-bond donors (Lipinski definition) is 2. The number of aromatic nitrogens is 1. The average Bonchev–Trinajstić information content (AvgIpc) is 2.39. The number of nitrogens with zero attached hydrogens (tertiary/aromatic N) is 1. The van der Waals surface area contributed by atoms with Crippen molar-refractivity contribution >= 4 is 10.0 Å². The SMILES string of the molecule is CCCNCC(C)S(=O)(=O)NC(C)c1ccncc1. The van der Waals surface area contributed by atoms with Crippen molar-refractivity contribution < 1.29 is 8.42 Å². The molecule has 0 aliphatic rings. The summed E-state index contributed by atoms with van der Waals surface area (Å²) in [7, 11) is -3.32. The lowest BCUT2D eigenvalue weighted by atomic mass is 10.1. The Balaban J connectivity index is 2.59. The monoisotopic (exact) mass is 285 g/mol. The molecular weight excluding hydrogens is 262 g/mol. The van der Waals surface area contributed by atoms with E-state index in [9.17, 15) is 8.42 Å². The molecular formula is C13H23N3O2S. The zero-order chi connectivity index (χ0) is 14.3. The van der Waals surface area contributed by atoms with Gasteiger partial charge >= 0.3 is 0 Å². The summed E-state index contributed by atoms with van der Waals surface area (Å²) in [4.78, 5) is 3.92. The molecule has 0 aromatic carbocycles. The summed E-state index contributed by atoms with van der Waals surface area (Å²) >= 11 is 0. The molecule has 6 heteroatoms. The standard InChI is InChI=1S/C13H23N3O2S/c1-4-7-15-10-11(2)19(17,18)16-12(3)13-5-8-14-9-6-13/h5-6,8-9,11-12,15-16H,4,7,10H2,1-3H3. The Bertz CT molecular complexity index is 462. The van der Waals surface area contributed by atoms with Crippen LogP contribution in [-0.4, -0.2) is 31.7 Å². The van der Waals surface area contributed by atoms with Crippen molar-refractivity contribution in [3.05, 3.63) is 30.1 Å². The Morgan fingerprint density at radius 3 is 2.47 bits per heavy atom. The van der Waals surface area contributed by atoms with Crippen molar-refractivity contribution in [3.8, 4) is 0 Å². The largest absolute Gasteiger partial charge is 0.315 e. The van der Waals surface area contributed by atoms with E-state index in [4.69, 9.17) is 0 Å². The second-order valence-electron chi connectivity index (χ2n) is 4.68. The number of hydrogen-bond acceptors (Lipinski definition) is 4. The van der Waals surface area contributed by atoms with Crippen molar-refractivity contribution in [1.82, 2.24) is 15.0 Å². The van der Waals surface area contributed by atoms with Gasteiger partial charge in [-0.25, -0.2) is 13.1 Å². The van der Waals surface area contributed by atoms with E-state index in [0.29, 0.717) is 6.54 Å². The molecule has 0 fully saturated rings. The van der Waals surface area contributed by atoms with Gasteiger partial charge in [-0.3, -0.25) is 4.98 Å². The Hall–Kier alpha value is -0.980. The van der Waals surface area contributed by atoms with Gasteiger partial charge in [-0.2, -0.15) is 0 Å². The topological polar surface area (TPSA) is 71.1 Å². The summed E-state index contributed by atoms with van der Waals surface area (Å²) in [6.07, 6.45) is 4.31. The van der Waals surface area contributed by atoms with Crippen LogP contribution in [0.25, 0.3) is 0 Å². The number of pyridine rings is 1. The maximum absolute atomic E-state index is 12.1. The van der Waals surface area contributed by atoms with Crippen molar-refractivity contribution in [3.63, 3.8) is 0 Å². The van der Waals surface area contributed by atoms with Crippen molar-refractivity contribution in [2.24, 2.45) is 0 Å². The fraction of sp³-hybridized carbons (Fsp3) is 0.615. The lowest BCUT2D eigenvalue weighted by Crippen LogP contribution is -2.40. The molecule has 5 nitrogen and oxygen atoms in total. The van der Waals surface area contributed by atoms with E-state index in [1.54, 1.807) is 19.3 Å². The minimum absolute atomic E-state index is 0.248. The van der Waals surface area contributed by atoms with Gasteiger partial charge in [0.15, 0.2) is 0 Å². The highest BCUT2D eigenvalue weighted by molar-refractivity contribution is 7.90. The quantitative estimate of drug-likeness (QED) is 0.709. The predicted molar refractivity (Wildman–Crippen MR) is 77.3 cm³/mol. The van der Waals surface area contributed by atoms with Gasteiger partial charge in [0.25, 0.3) is 0 Å². The van der Waals surface area contributed by atoms with E-state index >= 15 is 0 Å². The molecule has 1 heterocycles. The first kappa shape index (κ1) is 16.1. The summed E-state index contributed by atoms with van der Waals surface area (Å²) in [5, 5.41) is 2.67. The van der Waals surface area contributed by atoms with E-state index in [1.165, 1.54) is 0 Å². The molecule has 19 heavy (non-hydrogen) atoms. The first-order valence-corrected chi connectivity index (χ1v) is 8.13. The van der Waals surface area contributed by atoms with Crippen LogP contribution in [0.3, 0.4) is 0 Å². The third-order valence-electron chi connectivity index (χ3n) is 2.94. The molecule has 1 rings (SSSR count). The van der Waals surface area contributed by atoms with Crippen LogP contribution < -0.4 is 10.0 Å². The van der Waals surface area contributed by atoms with E-state index in [-0.39, 0.29) is 6.04 Å². The highest BCUT2D eigenvalue weighted by Gasteiger charge is 2.22. The molecule has 1 aromatic heterocycles. The lowest BCUT2D eigenvalue weighted by molar-refractivity contribution is 0.544. The molecule has 2 atom stereocenters. The molecule has 0 aliphatic carbocycles. The van der Waals surface area contributed by atoms with Gasteiger partial charge in [-0.05, 0) is 44.5 Å². The molecule has 0 spiro atoms. The van der Waals surface area contributed by atoms with E-state index < -0.39 is 15.3 Å². The van der Waals surface area contributed by atoms with E-state index in [0.717, 1.165) is 18.5 Å². The lowest BCUT2D eigenvalue weighted by Gasteiger charge is -2.19. The zero-order valence-electron chi connectivity index (χ0n) is 11.8. The van der Waals surface area contributed by atoms with Gasteiger partial charge in [0, 0.05) is 25.0 Å². The van der Waals surface area contributed by atoms with Gasteiger partial charge < -0.3 is 5.32 Å². The second-order valence-corrected chi connectivity index (χ2v) is 6.81. The van der Waals surface area contributed by atoms with Gasteiger partial charge in [0.05, 0.1) is 5.25 Å². The Morgan fingerprint density at radius 2 is 1.89 bits per heavy atom. The summed E-state index contributed by atoms with van der Waals surface area (Å²) in [5.41, 5.74) is 0.910. The highest BCUT2D eigenvalue weighted by atomic mass is 32.2. The molecule has 0 radical (unpaired) electrons. The van der Waals surface area contributed by atoms with Crippen molar-refractivity contribution in [1.29, 1.82) is 0 Å². The highest BCUT2D eigenvalue weighted by Crippen LogP contribution is 2.13. The molecule has 2 N–H and O–H groups in total. The van der Waals surface area contributed by atoms with Crippen LogP contribution >= 0.6 is 0 Å². The molecule has 0 bridgehead atoms. The van der Waals surface area contributed by atoms with Crippen LogP contribution in [-0.2, 0) is 10.0 Å². The van der Waals surface area contributed by atoms with E-state index in [2.05, 4.69) is 21.9 Å². The van der Waals surface area contributed by atoms with Crippen molar-refractivity contribution in [2.75, 3.05) is 13.1 Å². The van der Waals surface area contributed by atoms with Gasteiger partial charge in [-0.15, -0.1) is 0 Å². The first-order chi connectivity index (χ1) is 8.97. The first-order valence-electron chi connectivity index (χ1n) is 6.59. The third kappa shape index (κ3) is 5.26. The second kappa shape index (κ2) is 7.57. The number of sulfonamides is 1. The van der Waals surface area contributed by atoms with Gasteiger partial charge in [-0.1, -0.05) is 6.92 Å². The maximum atomic E-state index is 12.1. The van der Waals surface area contributed by atoms with Crippen LogP contribution in [0.4, 0.5) is 0 Å². The Labute approximate surface area is 115 Å². The van der Waals surface area contributed by atoms with E-state index in [1.807, 2.05) is 19.1 Å². The minimum atomic E-state index is -3.32. The molecule has 0 amide bonds. The summed E-state index contributed by atoms with van der Waals surface area (Å²) < 4.78 is 27.0. The van der Waals surface area contributed by atoms with Crippen LogP contribution in [0.2, 0.25) is 0 Å². The number of rotatable bonds is 8. The summed E-state index contributed by atoms with van der Waals surface area (Å²) in [6.45, 7) is 6.89. The fourth-order valence-electron chi connectivity index (χ4n) is 1.67. The van der Waals surface area contributed by atoms with Gasteiger partial charge in [0.1, 0.15) is 0 Å². The summed E-state index contributed by atoms with van der Waals surface area (Å²) in [5.74, 6) is 0. The maximum Gasteiger partial charge on any atom is 0.216 e. The zero-order valence-corrected chi connectivity index (χ0v) is 12.6. The average molecular weight is 285 g/mol. The normalized spacial score (nSPS) is 15.1. The van der Waals surface area contributed by atoms with Crippen LogP contribution in [0, 0.1) is 0 Å². The molecule has 0 saturated heterocycles. The van der Waals surface area contributed by atoms with Crippen molar-refractivity contribution in [2.45, 2.75) is 38.5 Å².